The molecule has 7 nitrogen and oxygen atoms in total. The molecule has 0 unspecified atom stereocenters. The first-order valence-corrected chi connectivity index (χ1v) is 14.0. The van der Waals surface area contributed by atoms with Crippen LogP contribution in [0.25, 0.3) is 0 Å². The summed E-state index contributed by atoms with van der Waals surface area (Å²) >= 11 is 0. The minimum absolute atomic E-state index is 0.308. The molecule has 0 aromatic carbocycles. The second kappa shape index (κ2) is 16.1. The van der Waals surface area contributed by atoms with E-state index in [9.17, 15) is 0 Å². The average molecular weight is 513 g/mol. The van der Waals surface area contributed by atoms with Gasteiger partial charge in [-0.05, 0) is 46.0 Å². The minimum atomic E-state index is 0.308. The van der Waals surface area contributed by atoms with E-state index < -0.39 is 0 Å². The number of allylic oxidation sites excluding steroid dienone is 1. The molecule has 7 heteroatoms. The number of hydrogen-bond donors (Lipinski definition) is 1. The lowest BCUT2D eigenvalue weighted by molar-refractivity contribution is 0.406. The molecule has 1 aliphatic heterocycles. The van der Waals surface area contributed by atoms with Crippen LogP contribution >= 0.6 is 0 Å². The van der Waals surface area contributed by atoms with Crippen molar-refractivity contribution in [3.05, 3.63) is 40.5 Å². The highest BCUT2D eigenvalue weighted by molar-refractivity contribution is 5.76. The normalized spacial score (nSPS) is 13.6. The van der Waals surface area contributed by atoms with E-state index in [-0.39, 0.29) is 0 Å². The summed E-state index contributed by atoms with van der Waals surface area (Å²) in [5.41, 5.74) is 12.4. The molecule has 3 rings (SSSR count). The molecule has 0 saturated heterocycles. The lowest BCUT2D eigenvalue weighted by Gasteiger charge is -2.40. The second-order valence-corrected chi connectivity index (χ2v) is 9.74. The molecule has 0 bridgehead atoms. The molecule has 2 aromatic heterocycles. The quantitative estimate of drug-likeness (QED) is 0.395. The molecule has 37 heavy (non-hydrogen) atoms. The number of nitrogen functional groups attached to an aromatic ring is 1. The number of anilines is 3. The second-order valence-electron chi connectivity index (χ2n) is 9.74. The fourth-order valence-corrected chi connectivity index (χ4v) is 4.47. The Balaban J connectivity index is 0.00000127. The van der Waals surface area contributed by atoms with Crippen LogP contribution in [0, 0.1) is 26.7 Å². The van der Waals surface area contributed by atoms with Crippen LogP contribution in [0.2, 0.25) is 0 Å². The Kier molecular flexibility index (Phi) is 14.0. The molecule has 0 spiro atoms. The Morgan fingerprint density at radius 3 is 2.32 bits per heavy atom. The summed E-state index contributed by atoms with van der Waals surface area (Å²) in [6, 6.07) is 0. The van der Waals surface area contributed by atoms with Crippen molar-refractivity contribution in [3.8, 4) is 5.75 Å². The summed E-state index contributed by atoms with van der Waals surface area (Å²) in [5, 5.41) is 0. The fraction of sp³-hybridized carbons (Fsp3) is 0.633. The van der Waals surface area contributed by atoms with Gasteiger partial charge in [0.05, 0.1) is 31.6 Å². The van der Waals surface area contributed by atoms with Crippen LogP contribution < -0.4 is 20.3 Å². The summed E-state index contributed by atoms with van der Waals surface area (Å²) in [6.07, 6.45) is 8.74. The molecule has 0 saturated carbocycles. The fourth-order valence-electron chi connectivity index (χ4n) is 4.47. The summed E-state index contributed by atoms with van der Waals surface area (Å²) in [5.74, 6) is 2.77. The lowest BCUT2D eigenvalue weighted by Crippen LogP contribution is -2.41. The van der Waals surface area contributed by atoms with Crippen molar-refractivity contribution in [2.75, 3.05) is 35.7 Å². The van der Waals surface area contributed by atoms with Crippen molar-refractivity contribution in [1.29, 1.82) is 0 Å². The number of pyridine rings is 1. The lowest BCUT2D eigenvalue weighted by atomic mass is 10.1. The topological polar surface area (TPSA) is 80.4 Å². The SMILES string of the molecule is CC.CC/C=C1/CN(Cc2ncc(C)c(OC)c2C)c2nc(N)nc(C)c2N1CCCC(C)C.CCC. The smallest absolute Gasteiger partial charge is 0.222 e. The highest BCUT2D eigenvalue weighted by atomic mass is 16.5. The van der Waals surface area contributed by atoms with Gasteiger partial charge >= 0.3 is 0 Å². The van der Waals surface area contributed by atoms with Gasteiger partial charge in [0, 0.05) is 29.6 Å². The van der Waals surface area contributed by atoms with Crippen molar-refractivity contribution in [1.82, 2.24) is 15.0 Å². The minimum Gasteiger partial charge on any atom is -0.496 e. The first-order chi connectivity index (χ1) is 17.7. The van der Waals surface area contributed by atoms with Gasteiger partial charge in [-0.3, -0.25) is 4.98 Å². The largest absolute Gasteiger partial charge is 0.496 e. The molecule has 3 heterocycles. The van der Waals surface area contributed by atoms with Gasteiger partial charge < -0.3 is 20.3 Å². The van der Waals surface area contributed by atoms with Gasteiger partial charge in [0.2, 0.25) is 5.95 Å². The molecule has 0 fully saturated rings. The number of rotatable bonds is 8. The average Bonchev–Trinajstić information content (AvgIpc) is 2.84. The first kappa shape index (κ1) is 32.2. The maximum atomic E-state index is 6.09. The molecule has 208 valence electrons. The number of methoxy groups -OCH3 is 1. The number of fused-ring (bicyclic) bond motifs is 1. The zero-order valence-electron chi connectivity index (χ0n) is 25.4. The number of hydrogen-bond acceptors (Lipinski definition) is 7. The summed E-state index contributed by atoms with van der Waals surface area (Å²) in [7, 11) is 1.71. The number of ether oxygens (including phenoxy) is 1. The van der Waals surface area contributed by atoms with Crippen LogP contribution in [0.1, 0.15) is 96.7 Å². The van der Waals surface area contributed by atoms with E-state index in [0.717, 1.165) is 65.7 Å². The van der Waals surface area contributed by atoms with Crippen LogP contribution in [-0.4, -0.2) is 35.2 Å². The standard InChI is InChI=1S/C25H38N6O.C3H8.C2H6/c1-8-10-20-14-30(15-21-18(5)23(32-7)17(4)13-27-21)24-22(19(6)28-25(26)29-24)31(20)12-9-11-16(2)3;1-3-2;1-2/h10,13,16H,8-9,11-12,14-15H2,1-7H3,(H2,26,28,29);3H2,1-2H3;1-2H3/b20-10-;;. The Labute approximate surface area is 226 Å². The molecule has 0 aliphatic carbocycles. The van der Waals surface area contributed by atoms with Gasteiger partial charge in [-0.2, -0.15) is 4.98 Å². The Morgan fingerprint density at radius 2 is 1.76 bits per heavy atom. The van der Waals surface area contributed by atoms with E-state index in [1.54, 1.807) is 7.11 Å². The number of nitrogens with zero attached hydrogens (tertiary/aromatic N) is 5. The predicted molar refractivity (Wildman–Crippen MR) is 160 cm³/mol. The van der Waals surface area contributed by atoms with E-state index >= 15 is 0 Å². The van der Waals surface area contributed by atoms with Gasteiger partial charge in [0.15, 0.2) is 5.82 Å². The molecule has 2 N–H and O–H groups in total. The Bertz CT molecular complexity index is 1000. The predicted octanol–water partition coefficient (Wildman–Crippen LogP) is 7.39. The molecular weight excluding hydrogens is 460 g/mol. The zero-order chi connectivity index (χ0) is 28.1. The molecule has 2 aromatic rings. The van der Waals surface area contributed by atoms with E-state index in [2.05, 4.69) is 62.4 Å². The third kappa shape index (κ3) is 8.61. The molecular formula is C30H52N6O. The van der Waals surface area contributed by atoms with Crippen LogP contribution in [0.4, 0.5) is 17.5 Å². The molecule has 0 radical (unpaired) electrons. The van der Waals surface area contributed by atoms with E-state index in [0.29, 0.717) is 18.4 Å². The molecule has 0 amide bonds. The highest BCUT2D eigenvalue weighted by Crippen LogP contribution is 2.39. The number of nitrogens with two attached hydrogens (primary N) is 1. The van der Waals surface area contributed by atoms with E-state index in [1.807, 2.05) is 33.9 Å². The third-order valence-electron chi connectivity index (χ3n) is 6.02. The van der Waals surface area contributed by atoms with Crippen LogP contribution in [0.5, 0.6) is 5.75 Å². The maximum absolute atomic E-state index is 6.09. The van der Waals surface area contributed by atoms with Crippen molar-refractivity contribution in [3.63, 3.8) is 0 Å². The van der Waals surface area contributed by atoms with Gasteiger partial charge in [0.25, 0.3) is 0 Å². The van der Waals surface area contributed by atoms with Crippen molar-refractivity contribution in [2.24, 2.45) is 5.92 Å². The van der Waals surface area contributed by atoms with Crippen LogP contribution in [-0.2, 0) is 6.54 Å². The monoisotopic (exact) mass is 512 g/mol. The third-order valence-corrected chi connectivity index (χ3v) is 6.02. The van der Waals surface area contributed by atoms with Gasteiger partial charge in [-0.1, -0.05) is 61.0 Å². The van der Waals surface area contributed by atoms with Gasteiger partial charge in [-0.15, -0.1) is 0 Å². The maximum Gasteiger partial charge on any atom is 0.222 e. The summed E-state index contributed by atoms with van der Waals surface area (Å²) < 4.78 is 5.63. The number of aryl methyl sites for hydroxylation is 2. The zero-order valence-corrected chi connectivity index (χ0v) is 25.4. The summed E-state index contributed by atoms with van der Waals surface area (Å²) in [6.45, 7) is 23.4. The summed E-state index contributed by atoms with van der Waals surface area (Å²) in [4.78, 5) is 18.6. The van der Waals surface area contributed by atoms with Crippen molar-refractivity contribution < 1.29 is 4.74 Å². The van der Waals surface area contributed by atoms with Crippen molar-refractivity contribution >= 4 is 17.5 Å². The Morgan fingerprint density at radius 1 is 1.11 bits per heavy atom. The highest BCUT2D eigenvalue weighted by Gasteiger charge is 2.31. The number of aromatic nitrogens is 3. The molecule has 1 aliphatic rings. The van der Waals surface area contributed by atoms with E-state index in [1.165, 1.54) is 18.5 Å². The Hall–Kier alpha value is -2.83. The first-order valence-electron chi connectivity index (χ1n) is 14.0. The van der Waals surface area contributed by atoms with Crippen LogP contribution in [0.15, 0.2) is 18.0 Å². The van der Waals surface area contributed by atoms with Crippen LogP contribution in [0.3, 0.4) is 0 Å². The van der Waals surface area contributed by atoms with Gasteiger partial charge in [-0.25, -0.2) is 4.98 Å². The van der Waals surface area contributed by atoms with Gasteiger partial charge in [0.1, 0.15) is 11.4 Å². The van der Waals surface area contributed by atoms with E-state index in [4.69, 9.17) is 20.4 Å². The van der Waals surface area contributed by atoms with Crippen molar-refractivity contribution in [2.45, 2.75) is 101 Å². The molecule has 0 atom stereocenters.